The molecule has 1 aliphatic rings. The van der Waals surface area contributed by atoms with Crippen LogP contribution >= 0.6 is 11.6 Å². The summed E-state index contributed by atoms with van der Waals surface area (Å²) in [7, 11) is 1.27. The number of amides is 1. The molecule has 168 valence electrons. The fourth-order valence-electron chi connectivity index (χ4n) is 4.01. The highest BCUT2D eigenvalue weighted by molar-refractivity contribution is 6.34. The van der Waals surface area contributed by atoms with Crippen LogP contribution in [0.1, 0.15) is 16.7 Å². The van der Waals surface area contributed by atoms with E-state index in [1.165, 1.54) is 19.2 Å². The SMILES string of the molecule is COc1ccc(C#N)c(-c2c(Cl)c(F)cc3c2CC(COC(N)=O)(c2ccccc2)O3)c1F. The molecule has 3 aromatic rings. The number of hydrogen-bond donors (Lipinski definition) is 1. The lowest BCUT2D eigenvalue weighted by Gasteiger charge is -2.28. The van der Waals surface area contributed by atoms with Gasteiger partial charge in [-0.2, -0.15) is 5.26 Å². The van der Waals surface area contributed by atoms with Crippen molar-refractivity contribution in [1.82, 2.24) is 0 Å². The number of carbonyl (C=O) groups is 1. The summed E-state index contributed by atoms with van der Waals surface area (Å²) in [6.45, 7) is -0.286. The molecule has 0 bridgehead atoms. The second-order valence-electron chi connectivity index (χ2n) is 7.39. The fraction of sp³-hybridized carbons (Fsp3) is 0.167. The number of primary amides is 1. The number of hydrogen-bond acceptors (Lipinski definition) is 5. The van der Waals surface area contributed by atoms with Crippen molar-refractivity contribution in [3.8, 4) is 28.7 Å². The van der Waals surface area contributed by atoms with E-state index in [2.05, 4.69) is 0 Å². The van der Waals surface area contributed by atoms with Crippen molar-refractivity contribution < 1.29 is 27.8 Å². The van der Waals surface area contributed by atoms with Crippen LogP contribution < -0.4 is 15.2 Å². The minimum atomic E-state index is -1.27. The highest BCUT2D eigenvalue weighted by Crippen LogP contribution is 2.50. The molecular formula is C24H17ClF2N2O4. The Hall–Kier alpha value is -3.83. The fourth-order valence-corrected chi connectivity index (χ4v) is 4.27. The summed E-state index contributed by atoms with van der Waals surface area (Å²) in [6, 6.07) is 14.5. The number of nitrogens with two attached hydrogens (primary N) is 1. The lowest BCUT2D eigenvalue weighted by atomic mass is 9.86. The summed E-state index contributed by atoms with van der Waals surface area (Å²) in [5.41, 5.74) is 4.57. The molecule has 9 heteroatoms. The van der Waals surface area contributed by atoms with E-state index < -0.39 is 23.3 Å². The average Bonchev–Trinajstić information content (AvgIpc) is 3.18. The highest BCUT2D eigenvalue weighted by Gasteiger charge is 2.45. The minimum Gasteiger partial charge on any atom is -0.494 e. The van der Waals surface area contributed by atoms with E-state index in [4.69, 9.17) is 31.5 Å². The van der Waals surface area contributed by atoms with Gasteiger partial charge < -0.3 is 19.9 Å². The van der Waals surface area contributed by atoms with Gasteiger partial charge in [-0.1, -0.05) is 41.9 Å². The van der Waals surface area contributed by atoms with Crippen molar-refractivity contribution in [2.45, 2.75) is 12.0 Å². The first-order valence-corrected chi connectivity index (χ1v) is 10.1. The van der Waals surface area contributed by atoms with Gasteiger partial charge in [0.15, 0.2) is 17.2 Å². The van der Waals surface area contributed by atoms with E-state index in [9.17, 15) is 14.4 Å². The number of methoxy groups -OCH3 is 1. The number of fused-ring (bicyclic) bond motifs is 1. The number of benzene rings is 3. The van der Waals surface area contributed by atoms with Gasteiger partial charge in [0.1, 0.15) is 18.2 Å². The van der Waals surface area contributed by atoms with Crippen LogP contribution in [0.15, 0.2) is 48.5 Å². The van der Waals surface area contributed by atoms with Crippen LogP contribution in [0.4, 0.5) is 13.6 Å². The van der Waals surface area contributed by atoms with Crippen LogP contribution in [0.2, 0.25) is 5.02 Å². The quantitative estimate of drug-likeness (QED) is 0.560. The Kier molecular flexibility index (Phi) is 5.83. The number of nitriles is 1. The van der Waals surface area contributed by atoms with E-state index >= 15 is 4.39 Å². The molecule has 1 unspecified atom stereocenters. The van der Waals surface area contributed by atoms with E-state index in [0.717, 1.165) is 6.07 Å². The Labute approximate surface area is 193 Å². The molecule has 0 aromatic heterocycles. The summed E-state index contributed by atoms with van der Waals surface area (Å²) in [4.78, 5) is 11.4. The maximum Gasteiger partial charge on any atom is 0.404 e. The molecule has 2 N–H and O–H groups in total. The van der Waals surface area contributed by atoms with Gasteiger partial charge >= 0.3 is 6.09 Å². The smallest absolute Gasteiger partial charge is 0.404 e. The van der Waals surface area contributed by atoms with Crippen LogP contribution in [0.3, 0.4) is 0 Å². The normalized spacial score (nSPS) is 16.5. The zero-order chi connectivity index (χ0) is 23.8. The maximum absolute atomic E-state index is 15.4. The molecule has 0 saturated heterocycles. The second-order valence-corrected chi connectivity index (χ2v) is 7.77. The second kappa shape index (κ2) is 8.60. The number of ether oxygens (including phenoxy) is 3. The first kappa shape index (κ1) is 22.4. The van der Waals surface area contributed by atoms with Gasteiger partial charge in [0.2, 0.25) is 0 Å². The first-order chi connectivity index (χ1) is 15.8. The Morgan fingerprint density at radius 2 is 1.97 bits per heavy atom. The number of rotatable bonds is 5. The Bertz CT molecular complexity index is 1290. The molecule has 4 rings (SSSR count). The van der Waals surface area contributed by atoms with Crippen LogP contribution in [0.25, 0.3) is 11.1 Å². The largest absolute Gasteiger partial charge is 0.494 e. The summed E-state index contributed by atoms with van der Waals surface area (Å²) in [6.07, 6.45) is -0.976. The molecule has 33 heavy (non-hydrogen) atoms. The molecule has 0 radical (unpaired) electrons. The summed E-state index contributed by atoms with van der Waals surface area (Å²) < 4.78 is 46.5. The molecule has 1 amide bonds. The predicted octanol–water partition coefficient (Wildman–Crippen LogP) is 5.09. The molecule has 3 aromatic carbocycles. The van der Waals surface area contributed by atoms with Crippen LogP contribution in [0, 0.1) is 23.0 Å². The molecule has 1 atom stereocenters. The lowest BCUT2D eigenvalue weighted by molar-refractivity contribution is 0.0146. The third-order valence-electron chi connectivity index (χ3n) is 5.50. The van der Waals surface area contributed by atoms with Crippen molar-refractivity contribution in [1.29, 1.82) is 5.26 Å². The third-order valence-corrected chi connectivity index (χ3v) is 5.87. The minimum absolute atomic E-state index is 0.0310. The molecule has 1 heterocycles. The van der Waals surface area contributed by atoms with Gasteiger partial charge in [0.05, 0.1) is 23.8 Å². The molecule has 0 aliphatic carbocycles. The Morgan fingerprint density at radius 1 is 1.24 bits per heavy atom. The average molecular weight is 471 g/mol. The van der Waals surface area contributed by atoms with Gasteiger partial charge in [-0.15, -0.1) is 0 Å². The first-order valence-electron chi connectivity index (χ1n) is 9.76. The van der Waals surface area contributed by atoms with Crippen molar-refractivity contribution >= 4 is 17.7 Å². The molecule has 1 aliphatic heterocycles. The number of halogens is 3. The summed E-state index contributed by atoms with van der Waals surface area (Å²) >= 11 is 6.32. The van der Waals surface area contributed by atoms with Crippen LogP contribution in [-0.2, 0) is 16.8 Å². The van der Waals surface area contributed by atoms with E-state index in [1.54, 1.807) is 30.3 Å². The van der Waals surface area contributed by atoms with Gasteiger partial charge in [-0.25, -0.2) is 13.6 Å². The van der Waals surface area contributed by atoms with Crippen molar-refractivity contribution in [2.24, 2.45) is 5.73 Å². The predicted molar refractivity (Wildman–Crippen MR) is 116 cm³/mol. The monoisotopic (exact) mass is 470 g/mol. The topological polar surface area (TPSA) is 94.6 Å². The van der Waals surface area contributed by atoms with E-state index in [0.29, 0.717) is 11.1 Å². The molecule has 0 spiro atoms. The van der Waals surface area contributed by atoms with E-state index in [-0.39, 0.29) is 46.2 Å². The van der Waals surface area contributed by atoms with Gasteiger partial charge in [0, 0.05) is 29.2 Å². The zero-order valence-electron chi connectivity index (χ0n) is 17.3. The molecule has 0 fully saturated rings. The van der Waals surface area contributed by atoms with Crippen molar-refractivity contribution in [3.05, 3.63) is 81.9 Å². The van der Waals surface area contributed by atoms with Crippen LogP contribution in [-0.4, -0.2) is 19.8 Å². The number of nitrogens with zero attached hydrogens (tertiary/aromatic N) is 1. The van der Waals surface area contributed by atoms with Crippen molar-refractivity contribution in [2.75, 3.05) is 13.7 Å². The van der Waals surface area contributed by atoms with Gasteiger partial charge in [-0.05, 0) is 17.7 Å². The highest BCUT2D eigenvalue weighted by atomic mass is 35.5. The summed E-state index contributed by atoms with van der Waals surface area (Å²) in [5, 5.41) is 9.23. The van der Waals surface area contributed by atoms with Crippen molar-refractivity contribution in [3.63, 3.8) is 0 Å². The molecule has 0 saturated carbocycles. The Balaban J connectivity index is 1.96. The number of carbonyl (C=O) groups excluding carboxylic acids is 1. The Morgan fingerprint density at radius 3 is 2.61 bits per heavy atom. The van der Waals surface area contributed by atoms with E-state index in [1.807, 2.05) is 6.07 Å². The third kappa shape index (κ3) is 3.81. The maximum atomic E-state index is 15.4. The van der Waals surface area contributed by atoms with Crippen LogP contribution in [0.5, 0.6) is 11.5 Å². The molecular weight excluding hydrogens is 454 g/mol. The standard InChI is InChI=1S/C24H17ClF2N2O4/c1-31-17-8-7-13(11-28)19(22(17)27)20-15-10-24(12-32-23(29)30,14-5-3-2-4-6-14)33-18(15)9-16(26)21(20)25/h2-9H,10,12H2,1H3,(H2,29,30). The summed E-state index contributed by atoms with van der Waals surface area (Å²) in [5.74, 6) is -1.79. The zero-order valence-corrected chi connectivity index (χ0v) is 18.1. The molecule has 6 nitrogen and oxygen atoms in total. The lowest BCUT2D eigenvalue weighted by Crippen LogP contribution is -2.38. The van der Waals surface area contributed by atoms with Gasteiger partial charge in [-0.3, -0.25) is 0 Å². The van der Waals surface area contributed by atoms with Gasteiger partial charge in [0.25, 0.3) is 0 Å².